The van der Waals surface area contributed by atoms with E-state index in [4.69, 9.17) is 0 Å². The molecular weight excluding hydrogens is 347 g/mol. The first-order chi connectivity index (χ1) is 11.6. The van der Waals surface area contributed by atoms with E-state index in [2.05, 4.69) is 4.98 Å². The minimum atomic E-state index is -3.74. The molecule has 1 aromatic heterocycles. The average Bonchev–Trinajstić information content (AvgIpc) is 3.21. The van der Waals surface area contributed by atoms with Crippen LogP contribution in [0.3, 0.4) is 0 Å². The molecule has 1 aliphatic heterocycles. The second kappa shape index (κ2) is 5.91. The summed E-state index contributed by atoms with van der Waals surface area (Å²) in [7, 11) is -3.74. The standard InChI is InChI=1S/C17H15FN2O2S2/c18-12-5-3-6-13(11-12)24(21,22)20-10-4-8-15(20)17-19-14-7-1-2-9-16(14)23-17/h1-3,5-7,9,11,15H,4,8,10H2/t15-/m0/s1. The van der Waals surface area contributed by atoms with Crippen LogP contribution in [0.5, 0.6) is 0 Å². The van der Waals surface area contributed by atoms with Gasteiger partial charge in [-0.15, -0.1) is 11.3 Å². The lowest BCUT2D eigenvalue weighted by atomic mass is 10.2. The van der Waals surface area contributed by atoms with Crippen LogP contribution in [-0.4, -0.2) is 24.3 Å². The van der Waals surface area contributed by atoms with Crippen molar-refractivity contribution in [1.82, 2.24) is 9.29 Å². The second-order valence-electron chi connectivity index (χ2n) is 5.75. The van der Waals surface area contributed by atoms with Crippen molar-refractivity contribution in [3.8, 4) is 0 Å². The Morgan fingerprint density at radius 2 is 2.00 bits per heavy atom. The van der Waals surface area contributed by atoms with Crippen LogP contribution >= 0.6 is 11.3 Å². The van der Waals surface area contributed by atoms with Crippen molar-refractivity contribution >= 4 is 31.6 Å². The molecule has 124 valence electrons. The minimum Gasteiger partial charge on any atom is -0.239 e. The van der Waals surface area contributed by atoms with Crippen LogP contribution in [0.1, 0.15) is 23.9 Å². The van der Waals surface area contributed by atoms with E-state index in [1.165, 1.54) is 33.8 Å². The molecule has 1 aliphatic rings. The summed E-state index contributed by atoms with van der Waals surface area (Å²) in [5.74, 6) is -0.549. The number of fused-ring (bicyclic) bond motifs is 1. The van der Waals surface area contributed by atoms with Gasteiger partial charge in [-0.25, -0.2) is 17.8 Å². The molecule has 24 heavy (non-hydrogen) atoms. The number of thiazole rings is 1. The van der Waals surface area contributed by atoms with Gasteiger partial charge in [-0.05, 0) is 43.2 Å². The predicted octanol–water partition coefficient (Wildman–Crippen LogP) is 3.96. The summed E-state index contributed by atoms with van der Waals surface area (Å²) in [5.41, 5.74) is 0.882. The highest BCUT2D eigenvalue weighted by molar-refractivity contribution is 7.89. The van der Waals surface area contributed by atoms with Gasteiger partial charge in [-0.2, -0.15) is 4.31 Å². The zero-order valence-electron chi connectivity index (χ0n) is 12.7. The third-order valence-corrected chi connectivity index (χ3v) is 7.24. The monoisotopic (exact) mass is 362 g/mol. The smallest absolute Gasteiger partial charge is 0.239 e. The van der Waals surface area contributed by atoms with Crippen LogP contribution in [0.15, 0.2) is 53.4 Å². The zero-order chi connectivity index (χ0) is 16.7. The maximum atomic E-state index is 13.5. The van der Waals surface area contributed by atoms with Crippen molar-refractivity contribution < 1.29 is 12.8 Å². The maximum Gasteiger partial charge on any atom is 0.243 e. The van der Waals surface area contributed by atoms with E-state index in [1.54, 1.807) is 0 Å². The Balaban J connectivity index is 1.74. The van der Waals surface area contributed by atoms with E-state index in [0.29, 0.717) is 6.54 Å². The fourth-order valence-electron chi connectivity index (χ4n) is 3.07. The van der Waals surface area contributed by atoms with E-state index in [1.807, 2.05) is 24.3 Å². The molecule has 4 rings (SSSR count). The lowest BCUT2D eigenvalue weighted by Gasteiger charge is -2.22. The number of benzene rings is 2. The molecule has 0 amide bonds. The summed E-state index contributed by atoms with van der Waals surface area (Å²) in [6, 6.07) is 12.7. The highest BCUT2D eigenvalue weighted by Crippen LogP contribution is 2.39. The van der Waals surface area contributed by atoms with Gasteiger partial charge in [0.05, 0.1) is 21.2 Å². The molecule has 7 heteroatoms. The largest absolute Gasteiger partial charge is 0.243 e. The molecule has 1 fully saturated rings. The van der Waals surface area contributed by atoms with E-state index in [-0.39, 0.29) is 10.9 Å². The van der Waals surface area contributed by atoms with Gasteiger partial charge < -0.3 is 0 Å². The summed E-state index contributed by atoms with van der Waals surface area (Å²) < 4.78 is 41.8. The SMILES string of the molecule is O=S(=O)(c1cccc(F)c1)N1CCC[C@H]1c1nc2ccccc2s1. The summed E-state index contributed by atoms with van der Waals surface area (Å²) in [5, 5.41) is 0.800. The first-order valence-corrected chi connectivity index (χ1v) is 9.94. The predicted molar refractivity (Wildman–Crippen MR) is 91.9 cm³/mol. The van der Waals surface area contributed by atoms with Crippen molar-refractivity contribution in [1.29, 1.82) is 0 Å². The topological polar surface area (TPSA) is 50.3 Å². The molecule has 0 unspecified atom stereocenters. The molecule has 0 radical (unpaired) electrons. The van der Waals surface area contributed by atoms with E-state index >= 15 is 0 Å². The Labute approximate surface area is 143 Å². The number of sulfonamides is 1. The summed E-state index contributed by atoms with van der Waals surface area (Å²) in [6.07, 6.45) is 1.50. The molecule has 0 spiro atoms. The van der Waals surface area contributed by atoms with E-state index < -0.39 is 15.8 Å². The number of hydrogen-bond acceptors (Lipinski definition) is 4. The van der Waals surface area contributed by atoms with Crippen LogP contribution in [0, 0.1) is 5.82 Å². The van der Waals surface area contributed by atoms with Gasteiger partial charge in [0.1, 0.15) is 10.8 Å². The molecule has 3 aromatic rings. The number of hydrogen-bond donors (Lipinski definition) is 0. The van der Waals surface area contributed by atoms with Crippen molar-refractivity contribution in [2.45, 2.75) is 23.8 Å². The molecule has 1 atom stereocenters. The van der Waals surface area contributed by atoms with Gasteiger partial charge in [-0.3, -0.25) is 0 Å². The van der Waals surface area contributed by atoms with Crippen LogP contribution in [0.4, 0.5) is 4.39 Å². The van der Waals surface area contributed by atoms with E-state index in [9.17, 15) is 12.8 Å². The third-order valence-electron chi connectivity index (χ3n) is 4.20. The van der Waals surface area contributed by atoms with Crippen LogP contribution in [0.25, 0.3) is 10.2 Å². The second-order valence-corrected chi connectivity index (χ2v) is 8.70. The van der Waals surface area contributed by atoms with Crippen molar-refractivity contribution in [2.75, 3.05) is 6.54 Å². The van der Waals surface area contributed by atoms with Crippen molar-refractivity contribution in [3.05, 3.63) is 59.4 Å². The molecule has 0 saturated carbocycles. The summed E-state index contributed by atoms with van der Waals surface area (Å²) in [4.78, 5) is 4.60. The number of rotatable bonds is 3. The van der Waals surface area contributed by atoms with Crippen molar-refractivity contribution in [3.63, 3.8) is 0 Å². The molecule has 1 saturated heterocycles. The van der Waals surface area contributed by atoms with Gasteiger partial charge in [0.15, 0.2) is 0 Å². The Hall–Kier alpha value is -1.83. The quantitative estimate of drug-likeness (QED) is 0.709. The van der Waals surface area contributed by atoms with Gasteiger partial charge in [0, 0.05) is 6.54 Å². The lowest BCUT2D eigenvalue weighted by Crippen LogP contribution is -2.30. The molecule has 0 bridgehead atoms. The van der Waals surface area contributed by atoms with Crippen LogP contribution in [0.2, 0.25) is 0 Å². The summed E-state index contributed by atoms with van der Waals surface area (Å²) in [6.45, 7) is 0.430. The maximum absolute atomic E-state index is 13.5. The normalized spacial score (nSPS) is 19.1. The van der Waals surface area contributed by atoms with Crippen molar-refractivity contribution in [2.24, 2.45) is 0 Å². The lowest BCUT2D eigenvalue weighted by molar-refractivity contribution is 0.395. The zero-order valence-corrected chi connectivity index (χ0v) is 14.4. The van der Waals surface area contributed by atoms with Crippen LogP contribution in [-0.2, 0) is 10.0 Å². The highest BCUT2D eigenvalue weighted by Gasteiger charge is 2.38. The molecule has 2 heterocycles. The Morgan fingerprint density at radius 3 is 2.79 bits per heavy atom. The minimum absolute atomic E-state index is 0.00416. The number of para-hydroxylation sites is 1. The fraction of sp³-hybridized carbons (Fsp3) is 0.235. The number of nitrogens with zero attached hydrogens (tertiary/aromatic N) is 2. The Kier molecular flexibility index (Phi) is 3.86. The van der Waals surface area contributed by atoms with Gasteiger partial charge in [0.2, 0.25) is 10.0 Å². The molecule has 0 aliphatic carbocycles. The van der Waals surface area contributed by atoms with Gasteiger partial charge in [-0.1, -0.05) is 18.2 Å². The third kappa shape index (κ3) is 2.62. The average molecular weight is 362 g/mol. The first-order valence-electron chi connectivity index (χ1n) is 7.68. The molecule has 0 N–H and O–H groups in total. The van der Waals surface area contributed by atoms with Gasteiger partial charge in [0.25, 0.3) is 0 Å². The Bertz CT molecular complexity index is 968. The molecule has 2 aromatic carbocycles. The number of halogens is 1. The first kappa shape index (κ1) is 15.7. The molecule has 4 nitrogen and oxygen atoms in total. The fourth-order valence-corrected chi connectivity index (χ4v) is 5.94. The summed E-state index contributed by atoms with van der Waals surface area (Å²) >= 11 is 1.52. The Morgan fingerprint density at radius 1 is 1.17 bits per heavy atom. The number of aromatic nitrogens is 1. The molecular formula is C17H15FN2O2S2. The van der Waals surface area contributed by atoms with Crippen LogP contribution < -0.4 is 0 Å². The van der Waals surface area contributed by atoms with E-state index in [0.717, 1.165) is 34.1 Å². The van der Waals surface area contributed by atoms with Gasteiger partial charge >= 0.3 is 0 Å². The highest BCUT2D eigenvalue weighted by atomic mass is 32.2.